The van der Waals surface area contributed by atoms with Crippen molar-refractivity contribution >= 4 is 69.7 Å². The van der Waals surface area contributed by atoms with Crippen LogP contribution in [0.3, 0.4) is 0 Å². The first-order chi connectivity index (χ1) is 24.0. The van der Waals surface area contributed by atoms with E-state index in [0.717, 1.165) is 54.7 Å². The van der Waals surface area contributed by atoms with Crippen LogP contribution in [0, 0.1) is 29.7 Å². The molecule has 0 aliphatic heterocycles. The van der Waals surface area contributed by atoms with Gasteiger partial charge in [0, 0.05) is 70.1 Å². The summed E-state index contributed by atoms with van der Waals surface area (Å²) in [5.74, 6) is 1.96. The molecule has 52 heavy (non-hydrogen) atoms. The predicted molar refractivity (Wildman–Crippen MR) is 222 cm³/mol. The first kappa shape index (κ1) is 41.9. The molecule has 0 fully saturated rings. The summed E-state index contributed by atoms with van der Waals surface area (Å²) < 4.78 is 10.1. The van der Waals surface area contributed by atoms with Gasteiger partial charge in [-0.3, -0.25) is 9.78 Å². The molecule has 2 aromatic carbocycles. The van der Waals surface area contributed by atoms with Gasteiger partial charge in [0.1, 0.15) is 17.1 Å². The average molecular weight is 915 g/mol. The SMILES string of the molecule is CCC(C)(CC)C(=O)/C=C(\O)C(C)(CC)CC.Cc1c(CC(C)C)oc2cc3sc4ccnc(-c5[c-]c6ccsc6c(C(C)(C)C)c5)c4c3cc12.[Ir]. The maximum atomic E-state index is 12.2. The molecule has 0 aliphatic rings. The second kappa shape index (κ2) is 16.3. The van der Waals surface area contributed by atoms with E-state index in [2.05, 4.69) is 83.3 Å². The summed E-state index contributed by atoms with van der Waals surface area (Å²) in [6.45, 7) is 25.6. The van der Waals surface area contributed by atoms with Crippen molar-refractivity contribution in [1.29, 1.82) is 0 Å². The van der Waals surface area contributed by atoms with Gasteiger partial charge in [-0.2, -0.15) is 11.3 Å². The Bertz CT molecular complexity index is 2220. The molecule has 0 bridgehead atoms. The fourth-order valence-corrected chi connectivity index (χ4v) is 8.82. The monoisotopic (exact) mass is 915 g/mol. The molecule has 0 saturated carbocycles. The molecule has 0 atom stereocenters. The van der Waals surface area contributed by atoms with Crippen molar-refractivity contribution in [1.82, 2.24) is 4.98 Å². The van der Waals surface area contributed by atoms with Gasteiger partial charge >= 0.3 is 0 Å². The van der Waals surface area contributed by atoms with E-state index in [1.807, 2.05) is 59.1 Å². The largest absolute Gasteiger partial charge is 0.512 e. The number of nitrogens with zero attached hydrogens (tertiary/aromatic N) is 1. The number of aryl methyl sites for hydroxylation is 1. The summed E-state index contributed by atoms with van der Waals surface area (Å²) in [5, 5.41) is 17.2. The van der Waals surface area contributed by atoms with Crippen LogP contribution < -0.4 is 0 Å². The zero-order chi connectivity index (χ0) is 37.5. The van der Waals surface area contributed by atoms with Gasteiger partial charge in [-0.25, -0.2) is 0 Å². The molecule has 0 saturated heterocycles. The number of aromatic nitrogens is 1. The van der Waals surface area contributed by atoms with Crippen molar-refractivity contribution in [2.45, 2.75) is 121 Å². The topological polar surface area (TPSA) is 63.3 Å². The van der Waals surface area contributed by atoms with Crippen molar-refractivity contribution in [2.75, 3.05) is 0 Å². The molecule has 0 amide bonds. The number of hydrogen-bond acceptors (Lipinski definition) is 6. The van der Waals surface area contributed by atoms with Crippen LogP contribution in [-0.2, 0) is 36.7 Å². The number of rotatable bonds is 10. The Balaban J connectivity index is 0.000000289. The van der Waals surface area contributed by atoms with Crippen molar-refractivity contribution in [2.24, 2.45) is 16.7 Å². The summed E-state index contributed by atoms with van der Waals surface area (Å²) in [6, 6.07) is 14.9. The standard InChI is InChI=1S/C30H28NOS2.C15H28O2.Ir/c1-16(2)11-23-17(3)20-14-21-26(15-24(20)32-23)34-25-7-9-31-28(27(21)25)19-12-18-8-10-33-29(18)22(13-19)30(4,5)6;1-7-14(5,8-2)12(16)11-13(17)15(6,9-3)10-4;/h7-10,13-16H,11H2,1-6H3;11,16H,7-10H2,1-6H3;/q-1;;/b;12-11-;. The molecule has 1 radical (unpaired) electrons. The van der Waals surface area contributed by atoms with Crippen LogP contribution in [0.2, 0.25) is 0 Å². The maximum absolute atomic E-state index is 12.2. The number of benzene rings is 2. The van der Waals surface area contributed by atoms with Gasteiger partial charge in [-0.05, 0) is 88.6 Å². The molecule has 7 heteroatoms. The predicted octanol–water partition coefficient (Wildman–Crippen LogP) is 14.3. The first-order valence-corrected chi connectivity index (χ1v) is 20.3. The number of thiophene rings is 2. The minimum absolute atomic E-state index is 0. The molecule has 4 nitrogen and oxygen atoms in total. The third kappa shape index (κ3) is 8.14. The molecule has 6 rings (SSSR count). The van der Waals surface area contributed by atoms with Gasteiger partial charge in [0.15, 0.2) is 5.78 Å². The van der Waals surface area contributed by atoms with Gasteiger partial charge in [-0.15, -0.1) is 34.9 Å². The molecule has 281 valence electrons. The van der Waals surface area contributed by atoms with Crippen LogP contribution in [0.5, 0.6) is 0 Å². The Morgan fingerprint density at radius 2 is 1.60 bits per heavy atom. The number of carbonyl (C=O) groups excluding carboxylic acids is 1. The number of aliphatic hydroxyl groups is 1. The number of carbonyl (C=O) groups is 1. The minimum Gasteiger partial charge on any atom is -0.512 e. The quantitative estimate of drug-likeness (QED) is 0.0845. The zero-order valence-electron chi connectivity index (χ0n) is 33.1. The Kier molecular flexibility index (Phi) is 13.1. The molecule has 0 spiro atoms. The molecule has 6 aromatic rings. The van der Waals surface area contributed by atoms with E-state index in [1.54, 1.807) is 11.3 Å². The zero-order valence-corrected chi connectivity index (χ0v) is 37.1. The van der Waals surface area contributed by atoms with Crippen LogP contribution in [0.1, 0.15) is 119 Å². The molecular formula is C45H56IrNO3S2-. The van der Waals surface area contributed by atoms with Crippen molar-refractivity contribution in [3.05, 3.63) is 76.7 Å². The number of pyridine rings is 1. The minimum atomic E-state index is -0.337. The van der Waals surface area contributed by atoms with Crippen LogP contribution >= 0.6 is 22.7 Å². The van der Waals surface area contributed by atoms with E-state index in [-0.39, 0.29) is 47.9 Å². The van der Waals surface area contributed by atoms with E-state index in [1.165, 1.54) is 52.8 Å². The van der Waals surface area contributed by atoms with E-state index in [4.69, 9.17) is 9.40 Å². The van der Waals surface area contributed by atoms with Crippen molar-refractivity contribution < 1.29 is 34.4 Å². The summed E-state index contributed by atoms with van der Waals surface area (Å²) in [7, 11) is 0. The number of hydrogen-bond donors (Lipinski definition) is 1. The maximum Gasteiger partial charge on any atom is 0.164 e. The van der Waals surface area contributed by atoms with E-state index < -0.39 is 0 Å². The Morgan fingerprint density at radius 3 is 2.19 bits per heavy atom. The van der Waals surface area contributed by atoms with Gasteiger partial charge in [-0.1, -0.05) is 87.3 Å². The Hall–Kier alpha value is -2.83. The van der Waals surface area contributed by atoms with E-state index in [9.17, 15) is 9.90 Å². The summed E-state index contributed by atoms with van der Waals surface area (Å²) in [4.78, 5) is 17.1. The molecule has 4 aromatic heterocycles. The first-order valence-electron chi connectivity index (χ1n) is 18.6. The summed E-state index contributed by atoms with van der Waals surface area (Å²) in [5.41, 5.74) is 5.14. The normalized spacial score (nSPS) is 12.9. The summed E-state index contributed by atoms with van der Waals surface area (Å²) in [6.07, 6.45) is 7.66. The Labute approximate surface area is 332 Å². The smallest absolute Gasteiger partial charge is 0.164 e. The third-order valence-corrected chi connectivity index (χ3v) is 13.3. The van der Waals surface area contributed by atoms with Crippen LogP contribution in [0.15, 0.2) is 58.2 Å². The molecular weight excluding hydrogens is 859 g/mol. The van der Waals surface area contributed by atoms with E-state index in [0.29, 0.717) is 5.92 Å². The summed E-state index contributed by atoms with van der Waals surface area (Å²) >= 11 is 3.62. The van der Waals surface area contributed by atoms with Gasteiger partial charge in [0.05, 0.1) is 0 Å². The molecule has 4 heterocycles. The van der Waals surface area contributed by atoms with E-state index >= 15 is 0 Å². The molecule has 1 N–H and O–H groups in total. The number of furan rings is 1. The molecule has 0 unspecified atom stereocenters. The van der Waals surface area contributed by atoms with Crippen molar-refractivity contribution in [3.8, 4) is 11.3 Å². The van der Waals surface area contributed by atoms with Gasteiger partial charge < -0.3 is 9.52 Å². The number of aliphatic hydroxyl groups excluding tert-OH is 1. The van der Waals surface area contributed by atoms with Crippen molar-refractivity contribution in [3.63, 3.8) is 0 Å². The number of ketones is 1. The van der Waals surface area contributed by atoms with Crippen LogP contribution in [-0.4, -0.2) is 15.9 Å². The number of fused-ring (bicyclic) bond motifs is 5. The third-order valence-electron chi connectivity index (χ3n) is 11.3. The van der Waals surface area contributed by atoms with Crippen LogP contribution in [0.25, 0.3) is 52.5 Å². The van der Waals surface area contributed by atoms with Gasteiger partial charge in [0.25, 0.3) is 0 Å². The average Bonchev–Trinajstić information content (AvgIpc) is 3.80. The van der Waals surface area contributed by atoms with Crippen LogP contribution in [0.4, 0.5) is 0 Å². The molecule has 0 aliphatic carbocycles. The fourth-order valence-electron chi connectivity index (χ4n) is 6.63. The van der Waals surface area contributed by atoms with Gasteiger partial charge in [0.2, 0.25) is 0 Å². The number of allylic oxidation sites excluding steroid dienone is 2. The Morgan fingerprint density at radius 1 is 0.942 bits per heavy atom. The fraction of sp³-hybridized carbons (Fsp3) is 0.467. The second-order valence-corrected chi connectivity index (χ2v) is 18.2. The second-order valence-electron chi connectivity index (χ2n) is 16.2.